The van der Waals surface area contributed by atoms with Crippen LogP contribution in [0.4, 0.5) is 0 Å². The van der Waals surface area contributed by atoms with Gasteiger partial charge in [0.2, 0.25) is 0 Å². The number of benzene rings is 1. The van der Waals surface area contributed by atoms with Crippen LogP contribution in [-0.2, 0) is 9.53 Å². The van der Waals surface area contributed by atoms with E-state index in [9.17, 15) is 4.79 Å². The molecule has 0 heterocycles. The van der Waals surface area contributed by atoms with Gasteiger partial charge < -0.3 is 9.47 Å². The molecule has 126 valence electrons. The SMILES string of the molecule is CC(C)=CCC/C(C)=C/COC(=O)COc1c(C)cccc1C. The molecule has 0 atom stereocenters. The number of rotatable bonds is 8. The Morgan fingerprint density at radius 1 is 1.09 bits per heavy atom. The van der Waals surface area contributed by atoms with E-state index in [0.717, 1.165) is 29.7 Å². The molecule has 0 N–H and O–H groups in total. The van der Waals surface area contributed by atoms with Gasteiger partial charge in [-0.1, -0.05) is 35.4 Å². The molecule has 0 aliphatic heterocycles. The van der Waals surface area contributed by atoms with Crippen molar-refractivity contribution in [3.05, 3.63) is 52.6 Å². The highest BCUT2D eigenvalue weighted by atomic mass is 16.6. The van der Waals surface area contributed by atoms with E-state index >= 15 is 0 Å². The molecule has 0 radical (unpaired) electrons. The minimum Gasteiger partial charge on any atom is -0.481 e. The van der Waals surface area contributed by atoms with E-state index in [2.05, 4.69) is 26.8 Å². The van der Waals surface area contributed by atoms with Gasteiger partial charge in [-0.25, -0.2) is 4.79 Å². The first kappa shape index (κ1) is 19.0. The van der Waals surface area contributed by atoms with Gasteiger partial charge in [-0.2, -0.15) is 0 Å². The lowest BCUT2D eigenvalue weighted by Crippen LogP contribution is -2.15. The number of para-hydroxylation sites is 1. The molecule has 0 bridgehead atoms. The highest BCUT2D eigenvalue weighted by Gasteiger charge is 2.07. The third-order valence-electron chi connectivity index (χ3n) is 3.51. The first-order valence-electron chi connectivity index (χ1n) is 8.03. The highest BCUT2D eigenvalue weighted by molar-refractivity contribution is 5.71. The van der Waals surface area contributed by atoms with Gasteiger partial charge in [-0.05, 0) is 64.7 Å². The summed E-state index contributed by atoms with van der Waals surface area (Å²) >= 11 is 0. The van der Waals surface area contributed by atoms with Crippen molar-refractivity contribution in [3.63, 3.8) is 0 Å². The van der Waals surface area contributed by atoms with E-state index in [1.54, 1.807) is 0 Å². The van der Waals surface area contributed by atoms with Crippen LogP contribution in [0.15, 0.2) is 41.5 Å². The van der Waals surface area contributed by atoms with Crippen LogP contribution in [0.3, 0.4) is 0 Å². The maximum absolute atomic E-state index is 11.7. The van der Waals surface area contributed by atoms with Crippen molar-refractivity contribution in [3.8, 4) is 5.75 Å². The van der Waals surface area contributed by atoms with E-state index in [1.807, 2.05) is 38.1 Å². The fraction of sp³-hybridized carbons (Fsp3) is 0.450. The van der Waals surface area contributed by atoms with Crippen LogP contribution in [0.1, 0.15) is 44.7 Å². The largest absolute Gasteiger partial charge is 0.481 e. The van der Waals surface area contributed by atoms with Crippen LogP contribution >= 0.6 is 0 Å². The third-order valence-corrected chi connectivity index (χ3v) is 3.51. The Kier molecular flexibility index (Phi) is 8.17. The summed E-state index contributed by atoms with van der Waals surface area (Å²) in [5.41, 5.74) is 4.60. The van der Waals surface area contributed by atoms with Crippen LogP contribution in [0.2, 0.25) is 0 Å². The zero-order valence-corrected chi connectivity index (χ0v) is 14.9. The van der Waals surface area contributed by atoms with Gasteiger partial charge >= 0.3 is 5.97 Å². The summed E-state index contributed by atoms with van der Waals surface area (Å²) < 4.78 is 10.8. The third kappa shape index (κ3) is 7.68. The summed E-state index contributed by atoms with van der Waals surface area (Å²) in [7, 11) is 0. The number of aryl methyl sites for hydroxylation is 2. The maximum atomic E-state index is 11.7. The van der Waals surface area contributed by atoms with E-state index in [1.165, 1.54) is 11.1 Å². The second-order valence-electron chi connectivity index (χ2n) is 6.06. The minimum atomic E-state index is -0.346. The quantitative estimate of drug-likeness (QED) is 0.504. The predicted molar refractivity (Wildman–Crippen MR) is 94.8 cm³/mol. The molecular weight excluding hydrogens is 288 g/mol. The molecule has 1 aromatic carbocycles. The Bertz CT molecular complexity index is 558. The number of hydrogen-bond acceptors (Lipinski definition) is 3. The molecule has 0 fully saturated rings. The summed E-state index contributed by atoms with van der Waals surface area (Å²) in [6.07, 6.45) is 6.17. The van der Waals surface area contributed by atoms with Crippen LogP contribution in [-0.4, -0.2) is 19.2 Å². The van der Waals surface area contributed by atoms with Gasteiger partial charge in [-0.3, -0.25) is 0 Å². The number of hydrogen-bond donors (Lipinski definition) is 0. The molecule has 3 heteroatoms. The molecule has 1 aromatic rings. The smallest absolute Gasteiger partial charge is 0.344 e. The molecule has 0 aromatic heterocycles. The fourth-order valence-electron chi connectivity index (χ4n) is 2.17. The normalized spacial score (nSPS) is 11.1. The molecule has 0 saturated carbocycles. The molecule has 0 spiro atoms. The van der Waals surface area contributed by atoms with Gasteiger partial charge in [0.05, 0.1) is 0 Å². The van der Waals surface area contributed by atoms with E-state index in [-0.39, 0.29) is 12.6 Å². The molecule has 0 aliphatic rings. The standard InChI is InChI=1S/C20H28O3/c1-15(2)8-6-9-16(3)12-13-22-19(21)14-23-20-17(4)10-7-11-18(20)5/h7-8,10-12H,6,9,13-14H2,1-5H3/b16-12+. The van der Waals surface area contributed by atoms with Crippen LogP contribution in [0.25, 0.3) is 0 Å². The lowest BCUT2D eigenvalue weighted by Gasteiger charge is -2.11. The Morgan fingerprint density at radius 2 is 1.74 bits per heavy atom. The van der Waals surface area contributed by atoms with Crippen LogP contribution < -0.4 is 4.74 Å². The van der Waals surface area contributed by atoms with Crippen molar-refractivity contribution in [1.29, 1.82) is 0 Å². The average molecular weight is 316 g/mol. The van der Waals surface area contributed by atoms with Gasteiger partial charge in [0.25, 0.3) is 0 Å². The molecule has 23 heavy (non-hydrogen) atoms. The molecule has 1 rings (SSSR count). The first-order chi connectivity index (χ1) is 10.9. The Hall–Kier alpha value is -2.03. The fourth-order valence-corrected chi connectivity index (χ4v) is 2.17. The lowest BCUT2D eigenvalue weighted by molar-refractivity contribution is -0.144. The number of esters is 1. The maximum Gasteiger partial charge on any atom is 0.344 e. The Morgan fingerprint density at radius 3 is 2.35 bits per heavy atom. The van der Waals surface area contributed by atoms with E-state index < -0.39 is 0 Å². The number of carbonyl (C=O) groups is 1. The molecule has 3 nitrogen and oxygen atoms in total. The zero-order chi connectivity index (χ0) is 17.2. The van der Waals surface area contributed by atoms with Crippen molar-refractivity contribution in [2.75, 3.05) is 13.2 Å². The summed E-state index contributed by atoms with van der Waals surface area (Å²) in [4.78, 5) is 11.7. The summed E-state index contributed by atoms with van der Waals surface area (Å²) in [6.45, 7) is 10.4. The molecule has 0 saturated heterocycles. The molecule has 0 aliphatic carbocycles. The van der Waals surface area contributed by atoms with Gasteiger partial charge in [0, 0.05) is 0 Å². The first-order valence-corrected chi connectivity index (χ1v) is 8.03. The molecular formula is C20H28O3. The van der Waals surface area contributed by atoms with Crippen LogP contribution in [0, 0.1) is 13.8 Å². The monoisotopic (exact) mass is 316 g/mol. The van der Waals surface area contributed by atoms with Crippen molar-refractivity contribution in [1.82, 2.24) is 0 Å². The Balaban J connectivity index is 2.33. The number of ether oxygens (including phenoxy) is 2. The zero-order valence-electron chi connectivity index (χ0n) is 14.9. The van der Waals surface area contributed by atoms with E-state index in [0.29, 0.717) is 6.61 Å². The lowest BCUT2D eigenvalue weighted by atomic mass is 10.1. The van der Waals surface area contributed by atoms with Crippen molar-refractivity contribution >= 4 is 5.97 Å². The summed E-state index contributed by atoms with van der Waals surface area (Å²) in [6, 6.07) is 5.90. The second kappa shape index (κ2) is 9.88. The average Bonchev–Trinajstić information content (AvgIpc) is 2.46. The predicted octanol–water partition coefficient (Wildman–Crippen LogP) is 4.92. The summed E-state index contributed by atoms with van der Waals surface area (Å²) in [5.74, 6) is 0.416. The molecule has 0 amide bonds. The number of allylic oxidation sites excluding steroid dienone is 3. The summed E-state index contributed by atoms with van der Waals surface area (Å²) in [5, 5.41) is 0. The topological polar surface area (TPSA) is 35.5 Å². The second-order valence-corrected chi connectivity index (χ2v) is 6.06. The van der Waals surface area contributed by atoms with Crippen LogP contribution in [0.5, 0.6) is 5.75 Å². The van der Waals surface area contributed by atoms with E-state index in [4.69, 9.17) is 9.47 Å². The van der Waals surface area contributed by atoms with Gasteiger partial charge in [-0.15, -0.1) is 0 Å². The highest BCUT2D eigenvalue weighted by Crippen LogP contribution is 2.22. The van der Waals surface area contributed by atoms with Crippen molar-refractivity contribution in [2.45, 2.75) is 47.5 Å². The minimum absolute atomic E-state index is 0.0592. The Labute approximate surface area is 140 Å². The van der Waals surface area contributed by atoms with Gasteiger partial charge in [0.15, 0.2) is 6.61 Å². The van der Waals surface area contributed by atoms with Crippen molar-refractivity contribution in [2.24, 2.45) is 0 Å². The van der Waals surface area contributed by atoms with Gasteiger partial charge in [0.1, 0.15) is 12.4 Å². The molecule has 0 unspecified atom stereocenters. The van der Waals surface area contributed by atoms with Crippen molar-refractivity contribution < 1.29 is 14.3 Å². The number of carbonyl (C=O) groups excluding carboxylic acids is 1.